The van der Waals surface area contributed by atoms with Gasteiger partial charge in [0.2, 0.25) is 0 Å². The van der Waals surface area contributed by atoms with Gasteiger partial charge in [0.15, 0.2) is 0 Å². The van der Waals surface area contributed by atoms with Crippen molar-refractivity contribution in [2.24, 2.45) is 23.2 Å². The minimum atomic E-state index is -0.815. The number of hydrogen-bond donors (Lipinski definition) is 1. The summed E-state index contributed by atoms with van der Waals surface area (Å²) in [6.07, 6.45) is 7.09. The molecule has 2 aliphatic carbocycles. The molecule has 6 heteroatoms. The zero-order valence-electron chi connectivity index (χ0n) is 18.9. The molecule has 0 bridgehead atoms. The lowest BCUT2D eigenvalue weighted by Crippen LogP contribution is -2.51. The number of nitrogens with zero attached hydrogens (tertiary/aromatic N) is 1. The summed E-state index contributed by atoms with van der Waals surface area (Å²) in [4.78, 5) is 15.3. The Morgan fingerprint density at radius 1 is 1.16 bits per heavy atom. The molecule has 6 atom stereocenters. The molecule has 5 nitrogen and oxygen atoms in total. The summed E-state index contributed by atoms with van der Waals surface area (Å²) in [5.41, 5.74) is 0.449. The number of carbonyl (C=O) groups excluding carboxylic acids is 1. The van der Waals surface area contributed by atoms with E-state index in [1.54, 1.807) is 0 Å². The van der Waals surface area contributed by atoms with Gasteiger partial charge in [0.1, 0.15) is 6.10 Å². The van der Waals surface area contributed by atoms with Gasteiger partial charge in [-0.05, 0) is 74.0 Å². The van der Waals surface area contributed by atoms with Crippen LogP contribution in [0.1, 0.15) is 57.4 Å². The van der Waals surface area contributed by atoms with Gasteiger partial charge in [-0.3, -0.25) is 4.79 Å². The van der Waals surface area contributed by atoms with E-state index in [4.69, 9.17) is 21.1 Å². The standard InChI is InChI=1S/C26H34ClNO4/c1-24-7-2-8-26(16-31-26)22(24)13-19-20(23(29)32-21(19)14-24)15-28-11-9-25(30,10-12-28)17-3-5-18(27)6-4-17/h3-6,19-22,30H,2,7-16H2,1H3. The van der Waals surface area contributed by atoms with Crippen molar-refractivity contribution in [3.05, 3.63) is 34.9 Å². The van der Waals surface area contributed by atoms with Crippen LogP contribution in [0, 0.1) is 23.2 Å². The Morgan fingerprint density at radius 3 is 2.56 bits per heavy atom. The average Bonchev–Trinajstić information content (AvgIpc) is 3.47. The number of likely N-dealkylation sites (tertiary alicyclic amines) is 1. The molecule has 3 aliphatic heterocycles. The van der Waals surface area contributed by atoms with E-state index in [-0.39, 0.29) is 29.0 Å². The summed E-state index contributed by atoms with van der Waals surface area (Å²) in [5.74, 6) is 0.797. The Bertz CT molecular complexity index is 892. The second kappa shape index (κ2) is 7.43. The predicted octanol–water partition coefficient (Wildman–Crippen LogP) is 4.15. The highest BCUT2D eigenvalue weighted by Crippen LogP contribution is 2.62. The number of halogens is 1. The number of fused-ring (bicyclic) bond motifs is 3. The monoisotopic (exact) mass is 459 g/mol. The van der Waals surface area contributed by atoms with Crippen LogP contribution in [0.5, 0.6) is 0 Å². The van der Waals surface area contributed by atoms with Crippen molar-refractivity contribution in [2.45, 2.75) is 69.2 Å². The lowest BCUT2D eigenvalue weighted by atomic mass is 9.53. The molecule has 5 fully saturated rings. The van der Waals surface area contributed by atoms with Crippen molar-refractivity contribution in [1.29, 1.82) is 0 Å². The molecule has 1 N–H and O–H groups in total. The highest BCUT2D eigenvalue weighted by atomic mass is 35.5. The fraction of sp³-hybridized carbons (Fsp3) is 0.731. The predicted molar refractivity (Wildman–Crippen MR) is 121 cm³/mol. The maximum absolute atomic E-state index is 12.9. The number of rotatable bonds is 3. The van der Waals surface area contributed by atoms with Crippen LogP contribution in [0.3, 0.4) is 0 Å². The van der Waals surface area contributed by atoms with Gasteiger partial charge in [-0.2, -0.15) is 0 Å². The third-order valence-electron chi connectivity index (χ3n) is 9.60. The molecule has 0 aromatic heterocycles. The first-order chi connectivity index (χ1) is 15.3. The van der Waals surface area contributed by atoms with Crippen LogP contribution >= 0.6 is 11.6 Å². The Hall–Kier alpha value is -1.14. The van der Waals surface area contributed by atoms with Crippen LogP contribution < -0.4 is 0 Å². The second-order valence-electron chi connectivity index (χ2n) is 11.4. The minimum absolute atomic E-state index is 0.00783. The maximum Gasteiger partial charge on any atom is 0.310 e. The fourth-order valence-electron chi connectivity index (χ4n) is 7.60. The topological polar surface area (TPSA) is 62.3 Å². The number of ether oxygens (including phenoxy) is 2. The number of aliphatic hydroxyl groups is 1. The summed E-state index contributed by atoms with van der Waals surface area (Å²) in [6.45, 7) is 5.62. The van der Waals surface area contributed by atoms with Gasteiger partial charge in [0.25, 0.3) is 0 Å². The molecule has 3 saturated heterocycles. The first-order valence-electron chi connectivity index (χ1n) is 12.4. The van der Waals surface area contributed by atoms with Crippen LogP contribution in [0.25, 0.3) is 0 Å². The summed E-state index contributed by atoms with van der Waals surface area (Å²) >= 11 is 6.02. The van der Waals surface area contributed by atoms with Gasteiger partial charge < -0.3 is 19.5 Å². The first-order valence-corrected chi connectivity index (χ1v) is 12.7. The minimum Gasteiger partial charge on any atom is -0.462 e. The Kier molecular flexibility index (Phi) is 4.97. The van der Waals surface area contributed by atoms with E-state index < -0.39 is 5.60 Å². The number of epoxide rings is 1. The molecule has 1 spiro atoms. The summed E-state index contributed by atoms with van der Waals surface area (Å²) in [5, 5.41) is 11.9. The van der Waals surface area contributed by atoms with Crippen LogP contribution in [0.4, 0.5) is 0 Å². The van der Waals surface area contributed by atoms with E-state index in [9.17, 15) is 9.90 Å². The Morgan fingerprint density at radius 2 is 1.88 bits per heavy atom. The third kappa shape index (κ3) is 3.43. The van der Waals surface area contributed by atoms with E-state index in [1.165, 1.54) is 19.3 Å². The zero-order chi connectivity index (χ0) is 22.1. The molecule has 0 radical (unpaired) electrons. The molecule has 6 rings (SSSR count). The van der Waals surface area contributed by atoms with E-state index in [0.717, 1.165) is 44.6 Å². The maximum atomic E-state index is 12.9. The summed E-state index contributed by atoms with van der Waals surface area (Å²) in [6, 6.07) is 7.54. The van der Waals surface area contributed by atoms with E-state index >= 15 is 0 Å². The molecule has 5 aliphatic rings. The van der Waals surface area contributed by atoms with Crippen LogP contribution in [0.15, 0.2) is 24.3 Å². The van der Waals surface area contributed by atoms with E-state index in [1.807, 2.05) is 24.3 Å². The molecular weight excluding hydrogens is 426 g/mol. The van der Waals surface area contributed by atoms with Crippen molar-refractivity contribution in [1.82, 2.24) is 4.90 Å². The van der Waals surface area contributed by atoms with Crippen molar-refractivity contribution in [3.63, 3.8) is 0 Å². The molecule has 1 aromatic rings. The van der Waals surface area contributed by atoms with Crippen molar-refractivity contribution >= 4 is 17.6 Å². The normalized spacial score (nSPS) is 42.9. The number of piperidine rings is 1. The SMILES string of the molecule is CC12CCCC3(CO3)C1CC1C(C2)OC(=O)C1CN1CCC(O)(c2ccc(Cl)cc2)CC1. The fourth-order valence-corrected chi connectivity index (χ4v) is 7.72. The van der Waals surface area contributed by atoms with E-state index in [2.05, 4.69) is 11.8 Å². The molecule has 0 amide bonds. The number of hydrogen-bond acceptors (Lipinski definition) is 5. The number of benzene rings is 1. The van der Waals surface area contributed by atoms with Crippen LogP contribution in [-0.2, 0) is 19.9 Å². The molecule has 174 valence electrons. The van der Waals surface area contributed by atoms with Crippen molar-refractivity contribution in [3.8, 4) is 0 Å². The Balaban J connectivity index is 1.13. The first kappa shape index (κ1) is 21.4. The van der Waals surface area contributed by atoms with Crippen LogP contribution in [0.2, 0.25) is 5.02 Å². The van der Waals surface area contributed by atoms with Gasteiger partial charge in [0, 0.05) is 30.6 Å². The number of carbonyl (C=O) groups is 1. The van der Waals surface area contributed by atoms with Gasteiger partial charge >= 0.3 is 5.97 Å². The zero-order valence-corrected chi connectivity index (χ0v) is 19.7. The van der Waals surface area contributed by atoms with E-state index in [0.29, 0.717) is 29.7 Å². The van der Waals surface area contributed by atoms with Crippen molar-refractivity contribution in [2.75, 3.05) is 26.2 Å². The smallest absolute Gasteiger partial charge is 0.310 e. The lowest BCUT2D eigenvalue weighted by molar-refractivity contribution is -0.147. The van der Waals surface area contributed by atoms with Gasteiger partial charge in [-0.15, -0.1) is 0 Å². The molecule has 3 heterocycles. The Labute approximate surface area is 195 Å². The quantitative estimate of drug-likeness (QED) is 0.543. The summed E-state index contributed by atoms with van der Waals surface area (Å²) in [7, 11) is 0. The molecule has 2 saturated carbocycles. The third-order valence-corrected chi connectivity index (χ3v) is 9.85. The average molecular weight is 460 g/mol. The highest BCUT2D eigenvalue weighted by Gasteiger charge is 2.65. The highest BCUT2D eigenvalue weighted by molar-refractivity contribution is 6.30. The lowest BCUT2D eigenvalue weighted by Gasteiger charge is -2.51. The van der Waals surface area contributed by atoms with Gasteiger partial charge in [-0.1, -0.05) is 30.7 Å². The molecule has 32 heavy (non-hydrogen) atoms. The number of esters is 1. The molecule has 6 unspecified atom stereocenters. The molecular formula is C26H34ClNO4. The van der Waals surface area contributed by atoms with Crippen molar-refractivity contribution < 1.29 is 19.4 Å². The largest absolute Gasteiger partial charge is 0.462 e. The van der Waals surface area contributed by atoms with Crippen LogP contribution in [-0.4, -0.2) is 53.9 Å². The second-order valence-corrected chi connectivity index (χ2v) is 11.9. The van der Waals surface area contributed by atoms with Gasteiger partial charge in [-0.25, -0.2) is 0 Å². The summed E-state index contributed by atoms with van der Waals surface area (Å²) < 4.78 is 12.0. The van der Waals surface area contributed by atoms with Gasteiger partial charge in [0.05, 0.1) is 23.7 Å². The molecule has 1 aromatic carbocycles.